The first kappa shape index (κ1) is 19.8. The quantitative estimate of drug-likeness (QED) is 0.520. The van der Waals surface area contributed by atoms with Crippen LogP contribution in [0.5, 0.6) is 0 Å². The van der Waals surface area contributed by atoms with Crippen LogP contribution >= 0.6 is 0 Å². The molecular formula is C23H26N2O3. The van der Waals surface area contributed by atoms with Crippen LogP contribution in [-0.2, 0) is 17.9 Å². The maximum Gasteiger partial charge on any atom is 0.338 e. The summed E-state index contributed by atoms with van der Waals surface area (Å²) in [5.41, 5.74) is 2.63. The molecule has 0 spiro atoms. The molecular weight excluding hydrogens is 352 g/mol. The van der Waals surface area contributed by atoms with Crippen LogP contribution in [0.15, 0.2) is 65.2 Å². The highest BCUT2D eigenvalue weighted by molar-refractivity contribution is 5.89. The predicted molar refractivity (Wildman–Crippen MR) is 109 cm³/mol. The number of carbonyl (C=O) groups is 1. The Labute approximate surface area is 166 Å². The van der Waals surface area contributed by atoms with Crippen LogP contribution in [0, 0.1) is 0 Å². The highest BCUT2D eigenvalue weighted by Crippen LogP contribution is 2.20. The molecule has 0 fully saturated rings. The maximum atomic E-state index is 12.3. The van der Waals surface area contributed by atoms with Crippen molar-refractivity contribution in [3.05, 3.63) is 77.8 Å². The van der Waals surface area contributed by atoms with Gasteiger partial charge in [0.1, 0.15) is 0 Å². The molecule has 1 aromatic heterocycles. The van der Waals surface area contributed by atoms with Gasteiger partial charge in [-0.15, -0.1) is 0 Å². The summed E-state index contributed by atoms with van der Waals surface area (Å²) in [5.74, 6) is 0.642. The molecule has 0 saturated heterocycles. The van der Waals surface area contributed by atoms with Crippen molar-refractivity contribution >= 4 is 5.97 Å². The number of hydrogen-bond acceptors (Lipinski definition) is 5. The normalized spacial score (nSPS) is 11.2. The summed E-state index contributed by atoms with van der Waals surface area (Å²) < 4.78 is 11.0. The van der Waals surface area contributed by atoms with E-state index in [1.165, 1.54) is 5.56 Å². The van der Waals surface area contributed by atoms with Crippen LogP contribution in [0.3, 0.4) is 0 Å². The highest BCUT2D eigenvalue weighted by atomic mass is 16.5. The van der Waals surface area contributed by atoms with Gasteiger partial charge < -0.3 is 9.15 Å². The Bertz CT molecular complexity index is 886. The fourth-order valence-corrected chi connectivity index (χ4v) is 2.96. The Balaban J connectivity index is 1.56. The van der Waals surface area contributed by atoms with E-state index in [1.54, 1.807) is 18.3 Å². The van der Waals surface area contributed by atoms with Gasteiger partial charge in [0.2, 0.25) is 5.89 Å². The summed E-state index contributed by atoms with van der Waals surface area (Å²) in [6.45, 7) is 8.37. The molecule has 2 aromatic carbocycles. The SMILES string of the molecule is CCN(Cc1ccc(C(=O)OCc2ncc(-c3ccccc3)o2)cc1)C(C)C. The molecule has 0 N–H and O–H groups in total. The molecule has 0 atom stereocenters. The third-order valence-electron chi connectivity index (χ3n) is 4.65. The van der Waals surface area contributed by atoms with Crippen LogP contribution in [0.4, 0.5) is 0 Å². The minimum atomic E-state index is -0.387. The van der Waals surface area contributed by atoms with E-state index in [-0.39, 0.29) is 12.6 Å². The van der Waals surface area contributed by atoms with Gasteiger partial charge >= 0.3 is 5.97 Å². The molecule has 0 saturated carbocycles. The number of benzene rings is 2. The van der Waals surface area contributed by atoms with Gasteiger partial charge in [0.05, 0.1) is 11.8 Å². The smallest absolute Gasteiger partial charge is 0.338 e. The molecule has 0 aliphatic carbocycles. The zero-order valence-electron chi connectivity index (χ0n) is 16.6. The zero-order valence-corrected chi connectivity index (χ0v) is 16.6. The third-order valence-corrected chi connectivity index (χ3v) is 4.65. The topological polar surface area (TPSA) is 55.6 Å². The second-order valence-corrected chi connectivity index (χ2v) is 6.91. The molecule has 0 unspecified atom stereocenters. The van der Waals surface area contributed by atoms with Crippen molar-refractivity contribution < 1.29 is 13.9 Å². The first-order chi connectivity index (χ1) is 13.6. The molecule has 0 aliphatic heterocycles. The Kier molecular flexibility index (Phi) is 6.61. The Hall–Kier alpha value is -2.92. The van der Waals surface area contributed by atoms with Gasteiger partial charge in [0.25, 0.3) is 0 Å². The molecule has 146 valence electrons. The molecule has 0 bridgehead atoms. The second kappa shape index (κ2) is 9.33. The van der Waals surface area contributed by atoms with Crippen LogP contribution < -0.4 is 0 Å². The summed E-state index contributed by atoms with van der Waals surface area (Å²) in [4.78, 5) is 18.8. The number of hydrogen-bond donors (Lipinski definition) is 0. The molecule has 5 nitrogen and oxygen atoms in total. The van der Waals surface area contributed by atoms with Gasteiger partial charge in [-0.05, 0) is 38.1 Å². The van der Waals surface area contributed by atoms with E-state index in [0.29, 0.717) is 23.3 Å². The van der Waals surface area contributed by atoms with Crippen molar-refractivity contribution in [2.75, 3.05) is 6.54 Å². The van der Waals surface area contributed by atoms with Crippen LogP contribution in [0.1, 0.15) is 42.6 Å². The molecule has 0 radical (unpaired) electrons. The molecule has 3 rings (SSSR count). The van der Waals surface area contributed by atoms with E-state index in [4.69, 9.17) is 9.15 Å². The zero-order chi connectivity index (χ0) is 19.9. The number of oxazole rings is 1. The van der Waals surface area contributed by atoms with E-state index in [0.717, 1.165) is 18.7 Å². The van der Waals surface area contributed by atoms with Crippen molar-refractivity contribution in [2.45, 2.75) is 40.0 Å². The molecule has 28 heavy (non-hydrogen) atoms. The fourth-order valence-electron chi connectivity index (χ4n) is 2.96. The van der Waals surface area contributed by atoms with Crippen molar-refractivity contribution in [1.82, 2.24) is 9.88 Å². The lowest BCUT2D eigenvalue weighted by molar-refractivity contribution is 0.0439. The molecule has 3 aromatic rings. The molecule has 0 aliphatic rings. The van der Waals surface area contributed by atoms with Crippen LogP contribution in [0.25, 0.3) is 11.3 Å². The van der Waals surface area contributed by atoms with Gasteiger partial charge in [0.15, 0.2) is 12.4 Å². The molecule has 0 amide bonds. The summed E-state index contributed by atoms with van der Waals surface area (Å²) in [7, 11) is 0. The van der Waals surface area contributed by atoms with Gasteiger partial charge in [-0.2, -0.15) is 0 Å². The minimum absolute atomic E-state index is 0.00435. The summed E-state index contributed by atoms with van der Waals surface area (Å²) in [5, 5.41) is 0. The number of nitrogens with zero attached hydrogens (tertiary/aromatic N) is 2. The third kappa shape index (κ3) is 5.08. The minimum Gasteiger partial charge on any atom is -0.452 e. The lowest BCUT2D eigenvalue weighted by Crippen LogP contribution is -2.29. The van der Waals surface area contributed by atoms with Gasteiger partial charge in [-0.1, -0.05) is 49.4 Å². The highest BCUT2D eigenvalue weighted by Gasteiger charge is 2.12. The van der Waals surface area contributed by atoms with E-state index in [2.05, 4.69) is 30.7 Å². The van der Waals surface area contributed by atoms with Gasteiger partial charge in [-0.3, -0.25) is 4.90 Å². The average molecular weight is 378 g/mol. The van der Waals surface area contributed by atoms with Crippen molar-refractivity contribution in [1.29, 1.82) is 0 Å². The first-order valence-corrected chi connectivity index (χ1v) is 9.57. The Morgan fingerprint density at radius 3 is 2.46 bits per heavy atom. The van der Waals surface area contributed by atoms with E-state index < -0.39 is 0 Å². The predicted octanol–water partition coefficient (Wildman–Crippen LogP) is 4.93. The fraction of sp³-hybridized carbons (Fsp3) is 0.304. The van der Waals surface area contributed by atoms with Crippen molar-refractivity contribution in [3.8, 4) is 11.3 Å². The summed E-state index contributed by atoms with van der Waals surface area (Å²) in [6, 6.07) is 17.7. The average Bonchev–Trinajstić information content (AvgIpc) is 3.20. The van der Waals surface area contributed by atoms with Crippen molar-refractivity contribution in [3.63, 3.8) is 0 Å². The van der Waals surface area contributed by atoms with Gasteiger partial charge in [0, 0.05) is 18.2 Å². The Morgan fingerprint density at radius 1 is 1.11 bits per heavy atom. The maximum absolute atomic E-state index is 12.3. The number of carbonyl (C=O) groups excluding carboxylic acids is 1. The van der Waals surface area contributed by atoms with E-state index >= 15 is 0 Å². The van der Waals surface area contributed by atoms with E-state index in [1.807, 2.05) is 42.5 Å². The lowest BCUT2D eigenvalue weighted by Gasteiger charge is -2.24. The van der Waals surface area contributed by atoms with E-state index in [9.17, 15) is 4.79 Å². The number of esters is 1. The number of ether oxygens (including phenoxy) is 1. The Morgan fingerprint density at radius 2 is 1.82 bits per heavy atom. The first-order valence-electron chi connectivity index (χ1n) is 9.57. The monoisotopic (exact) mass is 378 g/mol. The molecule has 5 heteroatoms. The number of aromatic nitrogens is 1. The summed E-state index contributed by atoms with van der Waals surface area (Å²) in [6.07, 6.45) is 1.64. The lowest BCUT2D eigenvalue weighted by atomic mass is 10.1. The standard InChI is InChI=1S/C23H26N2O3/c1-4-25(17(2)3)15-18-10-12-20(13-11-18)23(26)27-16-22-24-14-21(28-22)19-8-6-5-7-9-19/h5-14,17H,4,15-16H2,1-3H3. The molecule has 1 heterocycles. The van der Waals surface area contributed by atoms with Crippen LogP contribution in [0.2, 0.25) is 0 Å². The van der Waals surface area contributed by atoms with Crippen molar-refractivity contribution in [2.24, 2.45) is 0 Å². The van der Waals surface area contributed by atoms with Gasteiger partial charge in [-0.25, -0.2) is 9.78 Å². The second-order valence-electron chi connectivity index (χ2n) is 6.91. The largest absolute Gasteiger partial charge is 0.452 e. The van der Waals surface area contributed by atoms with Crippen LogP contribution in [-0.4, -0.2) is 28.4 Å². The number of rotatable bonds is 8. The summed E-state index contributed by atoms with van der Waals surface area (Å²) >= 11 is 0.